The Kier molecular flexibility index (Phi) is 5.27. The van der Waals surface area contributed by atoms with Crippen molar-refractivity contribution in [1.29, 1.82) is 0 Å². The molecule has 3 heterocycles. The number of sulfonamides is 1. The van der Waals surface area contributed by atoms with Gasteiger partial charge in [0.25, 0.3) is 5.91 Å². The van der Waals surface area contributed by atoms with Crippen molar-refractivity contribution in [2.75, 3.05) is 18.4 Å². The van der Waals surface area contributed by atoms with Crippen LogP contribution >= 0.6 is 11.3 Å². The van der Waals surface area contributed by atoms with Crippen LogP contribution < -0.4 is 5.32 Å². The fourth-order valence-corrected chi connectivity index (χ4v) is 5.31. The van der Waals surface area contributed by atoms with E-state index in [1.807, 2.05) is 0 Å². The topological polar surface area (TPSA) is 79.4 Å². The predicted molar refractivity (Wildman–Crippen MR) is 93.7 cm³/mol. The second-order valence-corrected chi connectivity index (χ2v) is 8.51. The number of hydrogen-bond donors (Lipinski definition) is 1. The lowest BCUT2D eigenvalue weighted by Gasteiger charge is -2.18. The fourth-order valence-electron chi connectivity index (χ4n) is 2.63. The van der Waals surface area contributed by atoms with Gasteiger partial charge in [0.05, 0.1) is 21.7 Å². The molecule has 24 heavy (non-hydrogen) atoms. The summed E-state index contributed by atoms with van der Waals surface area (Å²) in [6.45, 7) is 1.10. The molecular formula is C16H19N3O3S2. The highest BCUT2D eigenvalue weighted by molar-refractivity contribution is 7.89. The molecule has 6 nitrogen and oxygen atoms in total. The maximum atomic E-state index is 12.7. The lowest BCUT2D eigenvalue weighted by molar-refractivity contribution is 0.103. The molecule has 1 N–H and O–H groups in total. The summed E-state index contributed by atoms with van der Waals surface area (Å²) >= 11 is 1.13. The van der Waals surface area contributed by atoms with Gasteiger partial charge in [0.15, 0.2) is 0 Å². The summed E-state index contributed by atoms with van der Waals surface area (Å²) in [5.74, 6) is -0.328. The van der Waals surface area contributed by atoms with Gasteiger partial charge in [-0.05, 0) is 31.0 Å². The van der Waals surface area contributed by atoms with Crippen LogP contribution in [-0.2, 0) is 10.0 Å². The van der Waals surface area contributed by atoms with Crippen LogP contribution in [0.1, 0.15) is 35.4 Å². The Morgan fingerprint density at radius 3 is 2.62 bits per heavy atom. The monoisotopic (exact) mass is 365 g/mol. The van der Waals surface area contributed by atoms with Crippen molar-refractivity contribution in [2.24, 2.45) is 0 Å². The van der Waals surface area contributed by atoms with Gasteiger partial charge in [0, 0.05) is 24.7 Å². The van der Waals surface area contributed by atoms with Crippen LogP contribution in [-0.4, -0.2) is 36.7 Å². The molecule has 0 aliphatic carbocycles. The van der Waals surface area contributed by atoms with Crippen molar-refractivity contribution in [3.63, 3.8) is 0 Å². The molecule has 0 aromatic carbocycles. The maximum absolute atomic E-state index is 12.7. The van der Waals surface area contributed by atoms with Gasteiger partial charge >= 0.3 is 0 Å². The number of rotatable bonds is 4. The number of aromatic nitrogens is 1. The molecule has 1 amide bonds. The van der Waals surface area contributed by atoms with E-state index < -0.39 is 10.0 Å². The van der Waals surface area contributed by atoms with Gasteiger partial charge in [0.1, 0.15) is 0 Å². The minimum absolute atomic E-state index is 0.200. The average Bonchev–Trinajstić information content (AvgIpc) is 2.92. The van der Waals surface area contributed by atoms with E-state index in [1.54, 1.807) is 29.9 Å². The number of nitrogens with zero attached hydrogens (tertiary/aromatic N) is 2. The van der Waals surface area contributed by atoms with Crippen LogP contribution in [0.25, 0.3) is 0 Å². The van der Waals surface area contributed by atoms with E-state index in [0.717, 1.165) is 37.0 Å². The Morgan fingerprint density at radius 1 is 1.21 bits per heavy atom. The van der Waals surface area contributed by atoms with E-state index in [2.05, 4.69) is 10.3 Å². The highest BCUT2D eigenvalue weighted by Crippen LogP contribution is 2.25. The van der Waals surface area contributed by atoms with E-state index in [-0.39, 0.29) is 10.8 Å². The maximum Gasteiger partial charge on any atom is 0.265 e. The van der Waals surface area contributed by atoms with Gasteiger partial charge in [-0.1, -0.05) is 12.8 Å². The second-order valence-electron chi connectivity index (χ2n) is 5.66. The Bertz CT molecular complexity index is 795. The van der Waals surface area contributed by atoms with E-state index in [1.165, 1.54) is 10.4 Å². The van der Waals surface area contributed by atoms with Crippen LogP contribution in [0.2, 0.25) is 0 Å². The molecular weight excluding hydrogens is 346 g/mol. The van der Waals surface area contributed by atoms with Crippen LogP contribution in [0.15, 0.2) is 40.9 Å². The molecule has 0 saturated carbocycles. The SMILES string of the molecule is O=C(Nc1cccnc1)c1cc(S(=O)(=O)N2CCCCCC2)cs1. The minimum Gasteiger partial charge on any atom is -0.320 e. The number of hydrogen-bond acceptors (Lipinski definition) is 5. The van der Waals surface area contributed by atoms with Crippen molar-refractivity contribution in [2.45, 2.75) is 30.6 Å². The smallest absolute Gasteiger partial charge is 0.265 e. The molecule has 1 fully saturated rings. The quantitative estimate of drug-likeness (QED) is 0.903. The Balaban J connectivity index is 1.75. The summed E-state index contributed by atoms with van der Waals surface area (Å²) in [7, 11) is -3.52. The molecule has 0 spiro atoms. The van der Waals surface area contributed by atoms with E-state index >= 15 is 0 Å². The molecule has 8 heteroatoms. The second kappa shape index (κ2) is 7.42. The van der Waals surface area contributed by atoms with Crippen molar-refractivity contribution in [3.05, 3.63) is 40.8 Å². The molecule has 3 rings (SSSR count). The zero-order valence-corrected chi connectivity index (χ0v) is 14.8. The normalized spacial score (nSPS) is 16.5. The zero-order chi connectivity index (χ0) is 17.0. The third kappa shape index (κ3) is 3.82. The zero-order valence-electron chi connectivity index (χ0n) is 13.1. The summed E-state index contributed by atoms with van der Waals surface area (Å²) in [6, 6.07) is 4.91. The first-order valence-corrected chi connectivity index (χ1v) is 10.2. The Morgan fingerprint density at radius 2 is 1.96 bits per heavy atom. The van der Waals surface area contributed by atoms with E-state index in [0.29, 0.717) is 23.7 Å². The predicted octanol–water partition coefficient (Wildman–Crippen LogP) is 2.96. The summed E-state index contributed by atoms with van der Waals surface area (Å²) in [4.78, 5) is 16.7. The van der Waals surface area contributed by atoms with Gasteiger partial charge in [-0.15, -0.1) is 11.3 Å². The average molecular weight is 365 g/mol. The molecule has 1 aliphatic heterocycles. The van der Waals surface area contributed by atoms with Crippen LogP contribution in [0, 0.1) is 0 Å². The van der Waals surface area contributed by atoms with Crippen LogP contribution in [0.4, 0.5) is 5.69 Å². The van der Waals surface area contributed by atoms with Gasteiger partial charge in [0.2, 0.25) is 10.0 Å². The molecule has 0 atom stereocenters. The van der Waals surface area contributed by atoms with Crippen LogP contribution in [0.3, 0.4) is 0 Å². The molecule has 2 aromatic heterocycles. The van der Waals surface area contributed by atoms with Crippen molar-refractivity contribution in [1.82, 2.24) is 9.29 Å². The third-order valence-corrected chi connectivity index (χ3v) is 6.88. The number of pyridine rings is 1. The standard InChI is InChI=1S/C16H19N3O3S2/c20-16(18-13-6-5-7-17-11-13)15-10-14(12-23-15)24(21,22)19-8-3-1-2-4-9-19/h5-7,10-12H,1-4,8-9H2,(H,18,20). The molecule has 128 valence electrons. The van der Waals surface area contributed by atoms with Crippen molar-refractivity contribution in [3.8, 4) is 0 Å². The van der Waals surface area contributed by atoms with E-state index in [9.17, 15) is 13.2 Å². The molecule has 1 saturated heterocycles. The lowest BCUT2D eigenvalue weighted by atomic mass is 10.2. The number of carbonyl (C=O) groups excluding carboxylic acids is 1. The van der Waals surface area contributed by atoms with Gasteiger partial charge in [-0.25, -0.2) is 8.42 Å². The van der Waals surface area contributed by atoms with Gasteiger partial charge in [-0.3, -0.25) is 9.78 Å². The van der Waals surface area contributed by atoms with Gasteiger partial charge in [-0.2, -0.15) is 4.31 Å². The van der Waals surface area contributed by atoms with Crippen molar-refractivity contribution < 1.29 is 13.2 Å². The third-order valence-electron chi connectivity index (χ3n) is 3.92. The Hall–Kier alpha value is -1.77. The summed E-state index contributed by atoms with van der Waals surface area (Å²) in [6.07, 6.45) is 7.06. The first kappa shape index (κ1) is 17.1. The Labute approximate surface area is 145 Å². The fraction of sp³-hybridized carbons (Fsp3) is 0.375. The number of carbonyl (C=O) groups is 1. The minimum atomic E-state index is -3.52. The molecule has 0 radical (unpaired) electrons. The lowest BCUT2D eigenvalue weighted by Crippen LogP contribution is -2.31. The van der Waals surface area contributed by atoms with Crippen LogP contribution in [0.5, 0.6) is 0 Å². The summed E-state index contributed by atoms with van der Waals surface area (Å²) < 4.78 is 27.0. The molecule has 1 aliphatic rings. The number of amides is 1. The highest BCUT2D eigenvalue weighted by atomic mass is 32.2. The van der Waals surface area contributed by atoms with Gasteiger partial charge < -0.3 is 5.32 Å². The molecule has 2 aromatic rings. The number of nitrogens with one attached hydrogen (secondary N) is 1. The largest absolute Gasteiger partial charge is 0.320 e. The highest BCUT2D eigenvalue weighted by Gasteiger charge is 2.27. The number of thiophene rings is 1. The molecule has 0 unspecified atom stereocenters. The van der Waals surface area contributed by atoms with Crippen molar-refractivity contribution >= 4 is 33.0 Å². The number of anilines is 1. The summed E-state index contributed by atoms with van der Waals surface area (Å²) in [5, 5.41) is 4.25. The summed E-state index contributed by atoms with van der Waals surface area (Å²) in [5.41, 5.74) is 0.577. The first-order valence-electron chi connectivity index (χ1n) is 7.87. The molecule has 0 bridgehead atoms. The van der Waals surface area contributed by atoms with E-state index in [4.69, 9.17) is 0 Å². The first-order chi connectivity index (χ1) is 11.6.